The summed E-state index contributed by atoms with van der Waals surface area (Å²) in [6, 6.07) is 13.0. The van der Waals surface area contributed by atoms with Crippen molar-refractivity contribution >= 4 is 41.0 Å². The maximum Gasteiger partial charge on any atom is 0.329 e. The molecule has 2 aromatic rings. The molecule has 1 aliphatic heterocycles. The number of amides is 1. The molecule has 1 N–H and O–H groups in total. The Hall–Kier alpha value is -2.57. The Kier molecular flexibility index (Phi) is 8.41. The van der Waals surface area contributed by atoms with Gasteiger partial charge >= 0.3 is 11.9 Å². The Balaban J connectivity index is 2.25. The summed E-state index contributed by atoms with van der Waals surface area (Å²) in [7, 11) is 0. The number of ether oxygens (including phenoxy) is 1. The summed E-state index contributed by atoms with van der Waals surface area (Å²) in [5.41, 5.74) is -0.347. The Labute approximate surface area is 222 Å². The van der Waals surface area contributed by atoms with Crippen LogP contribution in [0.25, 0.3) is 0 Å². The van der Waals surface area contributed by atoms with E-state index in [-0.39, 0.29) is 24.7 Å². The molecule has 3 rings (SSSR count). The van der Waals surface area contributed by atoms with E-state index in [4.69, 9.17) is 27.9 Å². The average Bonchev–Trinajstić information content (AvgIpc) is 2.76. The van der Waals surface area contributed by atoms with Gasteiger partial charge in [-0.25, -0.2) is 4.79 Å². The van der Waals surface area contributed by atoms with Gasteiger partial charge in [-0.15, -0.1) is 0 Å². The third-order valence-electron chi connectivity index (χ3n) is 6.53. The van der Waals surface area contributed by atoms with Gasteiger partial charge in [0.1, 0.15) is 11.6 Å². The standard InChI is InChI=1S/C28H33Cl2NO5/c1-6-22(25(34)36-27(2,3)4)31-24(17-10-12-19(29)13-11-17)21(18-8-7-9-20(30)14-18)15-28(5,26(31)35)16-23(32)33/h7-14,21-22,24H,6,15-16H2,1-5H3,(H,32,33)/t21?,22?,24-,28+/m1/s1. The second kappa shape index (κ2) is 10.8. The Morgan fingerprint density at radius 3 is 2.28 bits per heavy atom. The number of rotatable bonds is 7. The Bertz CT molecular complexity index is 1130. The highest BCUT2D eigenvalue weighted by molar-refractivity contribution is 6.30. The molecule has 4 atom stereocenters. The van der Waals surface area contributed by atoms with Crippen LogP contribution in [0.5, 0.6) is 0 Å². The van der Waals surface area contributed by atoms with Gasteiger partial charge in [0.05, 0.1) is 17.9 Å². The number of hydrogen-bond acceptors (Lipinski definition) is 4. The number of hydrogen-bond donors (Lipinski definition) is 1. The van der Waals surface area contributed by atoms with E-state index >= 15 is 0 Å². The van der Waals surface area contributed by atoms with Gasteiger partial charge in [-0.05, 0) is 69.0 Å². The second-order valence-corrected chi connectivity index (χ2v) is 11.5. The van der Waals surface area contributed by atoms with Gasteiger partial charge in [-0.1, -0.05) is 61.3 Å². The molecule has 194 valence electrons. The molecule has 6 nitrogen and oxygen atoms in total. The molecule has 0 spiro atoms. The first-order valence-electron chi connectivity index (χ1n) is 12.0. The zero-order valence-electron chi connectivity index (χ0n) is 21.3. The molecule has 2 aromatic carbocycles. The van der Waals surface area contributed by atoms with E-state index in [1.807, 2.05) is 37.3 Å². The van der Waals surface area contributed by atoms with Crippen molar-refractivity contribution in [3.05, 3.63) is 69.7 Å². The van der Waals surface area contributed by atoms with E-state index in [2.05, 4.69) is 0 Å². The molecular weight excluding hydrogens is 501 g/mol. The molecule has 0 saturated carbocycles. The van der Waals surface area contributed by atoms with Gasteiger partial charge in [-0.3, -0.25) is 9.59 Å². The highest BCUT2D eigenvalue weighted by Gasteiger charge is 2.53. The van der Waals surface area contributed by atoms with Gasteiger partial charge in [0, 0.05) is 16.0 Å². The smallest absolute Gasteiger partial charge is 0.329 e. The van der Waals surface area contributed by atoms with E-state index in [9.17, 15) is 19.5 Å². The molecule has 0 radical (unpaired) electrons. The third kappa shape index (κ3) is 6.22. The number of esters is 1. The monoisotopic (exact) mass is 533 g/mol. The van der Waals surface area contributed by atoms with E-state index in [0.717, 1.165) is 11.1 Å². The number of benzene rings is 2. The zero-order valence-corrected chi connectivity index (χ0v) is 22.8. The number of piperidine rings is 1. The molecule has 0 bridgehead atoms. The first-order valence-corrected chi connectivity index (χ1v) is 12.8. The summed E-state index contributed by atoms with van der Waals surface area (Å²) in [5, 5.41) is 10.8. The lowest BCUT2D eigenvalue weighted by molar-refractivity contribution is -0.174. The molecule has 2 unspecified atom stereocenters. The molecule has 1 fully saturated rings. The van der Waals surface area contributed by atoms with Crippen molar-refractivity contribution in [3.8, 4) is 0 Å². The first kappa shape index (κ1) is 28.0. The van der Waals surface area contributed by atoms with Crippen LogP contribution in [0.15, 0.2) is 48.5 Å². The molecule has 36 heavy (non-hydrogen) atoms. The molecule has 1 aliphatic rings. The minimum Gasteiger partial charge on any atom is -0.481 e. The summed E-state index contributed by atoms with van der Waals surface area (Å²) in [6.45, 7) is 8.80. The van der Waals surface area contributed by atoms with Crippen molar-refractivity contribution in [2.75, 3.05) is 0 Å². The highest BCUT2D eigenvalue weighted by atomic mass is 35.5. The van der Waals surface area contributed by atoms with Crippen molar-refractivity contribution in [3.63, 3.8) is 0 Å². The van der Waals surface area contributed by atoms with Gasteiger partial charge in [0.2, 0.25) is 5.91 Å². The maximum absolute atomic E-state index is 14.2. The predicted octanol–water partition coefficient (Wildman–Crippen LogP) is 6.65. The summed E-state index contributed by atoms with van der Waals surface area (Å²) in [4.78, 5) is 41.0. The molecule has 1 amide bonds. The molecule has 1 saturated heterocycles. The number of carbonyl (C=O) groups is 3. The lowest BCUT2D eigenvalue weighted by atomic mass is 9.67. The summed E-state index contributed by atoms with van der Waals surface area (Å²) < 4.78 is 5.71. The largest absolute Gasteiger partial charge is 0.481 e. The van der Waals surface area contributed by atoms with Crippen LogP contribution in [-0.2, 0) is 19.1 Å². The van der Waals surface area contributed by atoms with Crippen LogP contribution in [0.4, 0.5) is 0 Å². The van der Waals surface area contributed by atoms with E-state index in [1.54, 1.807) is 50.8 Å². The molecule has 0 aliphatic carbocycles. The minimum atomic E-state index is -1.24. The summed E-state index contributed by atoms with van der Waals surface area (Å²) in [6.07, 6.45) is 0.209. The zero-order chi connectivity index (χ0) is 26.8. The normalized spacial score (nSPS) is 23.3. The van der Waals surface area contributed by atoms with E-state index in [1.165, 1.54) is 0 Å². The van der Waals surface area contributed by atoms with Crippen molar-refractivity contribution in [1.82, 2.24) is 4.90 Å². The topological polar surface area (TPSA) is 83.9 Å². The maximum atomic E-state index is 14.2. The fourth-order valence-electron chi connectivity index (χ4n) is 5.07. The first-order chi connectivity index (χ1) is 16.8. The molecule has 1 heterocycles. The molecule has 0 aromatic heterocycles. The third-order valence-corrected chi connectivity index (χ3v) is 7.02. The molecule has 8 heteroatoms. The lowest BCUT2D eigenvalue weighted by Crippen LogP contribution is -2.58. The van der Waals surface area contributed by atoms with Crippen LogP contribution in [0, 0.1) is 5.41 Å². The number of carboxylic acid groups (broad SMARTS) is 1. The fourth-order valence-corrected chi connectivity index (χ4v) is 5.39. The van der Waals surface area contributed by atoms with Crippen LogP contribution >= 0.6 is 23.2 Å². The SMILES string of the molecule is CCC(C(=O)OC(C)(C)C)N1C(=O)[C@](C)(CC(=O)O)CC(c2cccc(Cl)c2)[C@H]1c1ccc(Cl)cc1. The van der Waals surface area contributed by atoms with Crippen LogP contribution < -0.4 is 0 Å². The van der Waals surface area contributed by atoms with E-state index in [0.29, 0.717) is 16.5 Å². The second-order valence-electron chi connectivity index (χ2n) is 10.7. The number of carboxylic acids is 1. The number of nitrogens with zero attached hydrogens (tertiary/aromatic N) is 1. The summed E-state index contributed by atoms with van der Waals surface area (Å²) >= 11 is 12.5. The predicted molar refractivity (Wildman–Crippen MR) is 140 cm³/mol. The van der Waals surface area contributed by atoms with Gasteiger partial charge in [-0.2, -0.15) is 0 Å². The Morgan fingerprint density at radius 2 is 1.75 bits per heavy atom. The average molecular weight is 534 g/mol. The van der Waals surface area contributed by atoms with Crippen LogP contribution in [0.1, 0.15) is 77.0 Å². The number of halogens is 2. The van der Waals surface area contributed by atoms with Crippen LogP contribution in [0.2, 0.25) is 10.0 Å². The van der Waals surface area contributed by atoms with Crippen molar-refractivity contribution in [1.29, 1.82) is 0 Å². The number of likely N-dealkylation sites (tertiary alicyclic amines) is 1. The van der Waals surface area contributed by atoms with Crippen LogP contribution in [-0.4, -0.2) is 39.5 Å². The van der Waals surface area contributed by atoms with E-state index < -0.39 is 35.0 Å². The van der Waals surface area contributed by atoms with Crippen molar-refractivity contribution in [2.24, 2.45) is 5.41 Å². The lowest BCUT2D eigenvalue weighted by Gasteiger charge is -2.51. The number of carbonyl (C=O) groups excluding carboxylic acids is 2. The fraction of sp³-hybridized carbons (Fsp3) is 0.464. The van der Waals surface area contributed by atoms with Crippen LogP contribution in [0.3, 0.4) is 0 Å². The minimum absolute atomic E-state index is 0.271. The van der Waals surface area contributed by atoms with Gasteiger partial charge in [0.25, 0.3) is 0 Å². The number of aliphatic carboxylic acids is 1. The molecular formula is C28H33Cl2NO5. The van der Waals surface area contributed by atoms with Gasteiger partial charge in [0.15, 0.2) is 0 Å². The quantitative estimate of drug-likeness (QED) is 0.402. The van der Waals surface area contributed by atoms with Crippen molar-refractivity contribution < 1.29 is 24.2 Å². The Morgan fingerprint density at radius 1 is 1.11 bits per heavy atom. The van der Waals surface area contributed by atoms with Gasteiger partial charge < -0.3 is 14.7 Å². The summed E-state index contributed by atoms with van der Waals surface area (Å²) in [5.74, 6) is -2.32. The van der Waals surface area contributed by atoms with Crippen molar-refractivity contribution in [2.45, 2.75) is 77.5 Å². The highest BCUT2D eigenvalue weighted by Crippen LogP contribution is 2.52.